The Hall–Kier alpha value is -3.25. The van der Waals surface area contributed by atoms with Crippen molar-refractivity contribution < 1.29 is 30.8 Å². The zero-order chi connectivity index (χ0) is 25.8. The predicted octanol–water partition coefficient (Wildman–Crippen LogP) is 3.27. The molecule has 1 aliphatic carbocycles. The van der Waals surface area contributed by atoms with Crippen LogP contribution >= 0.6 is 0 Å². The first-order chi connectivity index (χ1) is 17.0. The average Bonchev–Trinajstić information content (AvgIpc) is 3.64. The van der Waals surface area contributed by atoms with Crippen LogP contribution in [0.25, 0.3) is 0 Å². The number of fused-ring (bicyclic) bond motifs is 2. The minimum absolute atomic E-state index is 0.0191. The van der Waals surface area contributed by atoms with E-state index in [2.05, 4.69) is 10.0 Å². The largest absolute Gasteiger partial charge is 0.356 e. The van der Waals surface area contributed by atoms with Gasteiger partial charge < -0.3 is 10.2 Å². The highest BCUT2D eigenvalue weighted by molar-refractivity contribution is 7.94. The number of hydrogen-bond acceptors (Lipinski definition) is 7. The van der Waals surface area contributed by atoms with Crippen LogP contribution in [-0.4, -0.2) is 40.8 Å². The lowest BCUT2D eigenvalue weighted by Crippen LogP contribution is -2.47. The van der Waals surface area contributed by atoms with Gasteiger partial charge in [-0.1, -0.05) is 12.8 Å². The highest BCUT2D eigenvalue weighted by Gasteiger charge is 2.44. The Balaban J connectivity index is 1.52. The molecule has 0 bridgehead atoms. The van der Waals surface area contributed by atoms with E-state index in [0.29, 0.717) is 18.2 Å². The first-order valence-electron chi connectivity index (χ1n) is 11.5. The van der Waals surface area contributed by atoms with Crippen molar-refractivity contribution in [1.29, 1.82) is 0 Å². The number of sulfonamides is 1. The highest BCUT2D eigenvalue weighted by Crippen LogP contribution is 2.40. The monoisotopic (exact) mass is 533 g/mol. The van der Waals surface area contributed by atoms with Crippen molar-refractivity contribution in [2.75, 3.05) is 27.2 Å². The Morgan fingerprint density at radius 1 is 1.14 bits per heavy atom. The SMILES string of the molecule is CCS(=O)(=O)Nc1ccc2c(c1)S(=O)(=O)C=C(C1C(=O)c3cc(F)ccc3N(CCC3CC3)C1=O)N2. The van der Waals surface area contributed by atoms with Crippen LogP contribution in [0, 0.1) is 17.7 Å². The summed E-state index contributed by atoms with van der Waals surface area (Å²) in [6.07, 6.45) is 2.87. The van der Waals surface area contributed by atoms with E-state index in [1.54, 1.807) is 0 Å². The van der Waals surface area contributed by atoms with Gasteiger partial charge in [-0.25, -0.2) is 21.2 Å². The molecule has 2 aromatic rings. The van der Waals surface area contributed by atoms with E-state index < -0.39 is 43.3 Å². The fourth-order valence-electron chi connectivity index (χ4n) is 4.44. The molecule has 2 aromatic carbocycles. The molecule has 1 amide bonds. The van der Waals surface area contributed by atoms with E-state index in [-0.39, 0.29) is 33.3 Å². The van der Waals surface area contributed by atoms with Crippen molar-refractivity contribution in [3.63, 3.8) is 0 Å². The number of ketones is 1. The number of sulfone groups is 1. The smallest absolute Gasteiger partial charge is 0.244 e. The summed E-state index contributed by atoms with van der Waals surface area (Å²) in [5.74, 6) is -3.09. The van der Waals surface area contributed by atoms with Gasteiger partial charge in [-0.15, -0.1) is 0 Å². The van der Waals surface area contributed by atoms with Gasteiger partial charge in [-0.05, 0) is 55.7 Å². The maximum absolute atomic E-state index is 14.1. The average molecular weight is 534 g/mol. The minimum Gasteiger partial charge on any atom is -0.356 e. The van der Waals surface area contributed by atoms with Crippen LogP contribution in [0.15, 0.2) is 52.4 Å². The van der Waals surface area contributed by atoms with E-state index in [4.69, 9.17) is 0 Å². The number of halogens is 1. The topological polar surface area (TPSA) is 130 Å². The third-order valence-electron chi connectivity index (χ3n) is 6.56. The van der Waals surface area contributed by atoms with Gasteiger partial charge in [0, 0.05) is 23.5 Å². The van der Waals surface area contributed by atoms with E-state index in [1.807, 2.05) is 0 Å². The molecule has 2 heterocycles. The van der Waals surface area contributed by atoms with Gasteiger partial charge in [-0.2, -0.15) is 0 Å². The molecule has 0 aromatic heterocycles. The van der Waals surface area contributed by atoms with Gasteiger partial charge >= 0.3 is 0 Å². The Morgan fingerprint density at radius 3 is 2.58 bits per heavy atom. The number of Topliss-reactive ketones (excluding diaryl/α,β-unsaturated/α-hetero) is 1. The molecule has 1 fully saturated rings. The summed E-state index contributed by atoms with van der Waals surface area (Å²) in [5.41, 5.74) is 0.368. The molecule has 12 heteroatoms. The summed E-state index contributed by atoms with van der Waals surface area (Å²) in [6.45, 7) is 1.79. The molecule has 1 saturated carbocycles. The van der Waals surface area contributed by atoms with Crippen molar-refractivity contribution in [2.24, 2.45) is 11.8 Å². The number of hydrogen-bond donors (Lipinski definition) is 2. The molecule has 1 unspecified atom stereocenters. The number of carbonyl (C=O) groups excluding carboxylic acids is 2. The summed E-state index contributed by atoms with van der Waals surface area (Å²) in [6, 6.07) is 7.58. The van der Waals surface area contributed by atoms with Gasteiger partial charge in [0.1, 0.15) is 11.7 Å². The zero-order valence-corrected chi connectivity index (χ0v) is 21.0. The summed E-state index contributed by atoms with van der Waals surface area (Å²) in [5, 5.41) is 3.69. The third kappa shape index (κ3) is 4.50. The van der Waals surface area contributed by atoms with Crippen LogP contribution in [0.5, 0.6) is 0 Å². The lowest BCUT2D eigenvalue weighted by molar-refractivity contribution is -0.120. The van der Waals surface area contributed by atoms with Crippen molar-refractivity contribution in [1.82, 2.24) is 0 Å². The molecule has 1 atom stereocenters. The second-order valence-corrected chi connectivity index (χ2v) is 12.9. The fraction of sp³-hybridized carbons (Fsp3) is 0.333. The normalized spacial score (nSPS) is 20.8. The van der Waals surface area contributed by atoms with Crippen LogP contribution < -0.4 is 14.9 Å². The first kappa shape index (κ1) is 24.4. The Bertz CT molecular complexity index is 1530. The zero-order valence-electron chi connectivity index (χ0n) is 19.3. The van der Waals surface area contributed by atoms with Crippen LogP contribution in [-0.2, 0) is 24.7 Å². The Morgan fingerprint density at radius 2 is 1.89 bits per heavy atom. The minimum atomic E-state index is -4.15. The molecule has 0 spiro atoms. The fourth-order valence-corrected chi connectivity index (χ4v) is 6.44. The van der Waals surface area contributed by atoms with Gasteiger partial charge in [0.25, 0.3) is 0 Å². The number of nitrogens with zero attached hydrogens (tertiary/aromatic N) is 1. The molecule has 0 saturated heterocycles. The number of benzene rings is 2. The first-order valence-corrected chi connectivity index (χ1v) is 14.7. The highest BCUT2D eigenvalue weighted by atomic mass is 32.2. The quantitative estimate of drug-likeness (QED) is 0.523. The second kappa shape index (κ2) is 8.70. The van der Waals surface area contributed by atoms with E-state index in [9.17, 15) is 30.8 Å². The molecule has 3 aliphatic rings. The number of anilines is 3. The number of carbonyl (C=O) groups is 2. The van der Waals surface area contributed by atoms with Gasteiger partial charge in [0.2, 0.25) is 25.8 Å². The van der Waals surface area contributed by atoms with Gasteiger partial charge in [0.15, 0.2) is 5.78 Å². The molecule has 2 N–H and O–H groups in total. The summed E-state index contributed by atoms with van der Waals surface area (Å²) in [4.78, 5) is 28.2. The molecule has 2 aliphatic heterocycles. The van der Waals surface area contributed by atoms with Crippen LogP contribution in [0.1, 0.15) is 36.5 Å². The molecule has 5 rings (SSSR count). The lowest BCUT2D eigenvalue weighted by atomic mass is 9.87. The van der Waals surface area contributed by atoms with Gasteiger partial charge in [0.05, 0.1) is 27.4 Å². The number of nitrogens with one attached hydrogen (secondary N) is 2. The Kier molecular flexibility index (Phi) is 5.91. The molecule has 9 nitrogen and oxygen atoms in total. The summed E-state index contributed by atoms with van der Waals surface area (Å²) in [7, 11) is -7.78. The van der Waals surface area contributed by atoms with Crippen molar-refractivity contribution in [2.45, 2.75) is 31.1 Å². The van der Waals surface area contributed by atoms with E-state index >= 15 is 0 Å². The second-order valence-electron chi connectivity index (χ2n) is 9.14. The number of rotatable bonds is 7. The predicted molar refractivity (Wildman–Crippen MR) is 132 cm³/mol. The van der Waals surface area contributed by atoms with E-state index in [1.165, 1.54) is 42.2 Å². The van der Waals surface area contributed by atoms with Crippen molar-refractivity contribution >= 4 is 48.6 Å². The van der Waals surface area contributed by atoms with Crippen molar-refractivity contribution in [3.05, 3.63) is 58.9 Å². The maximum Gasteiger partial charge on any atom is 0.244 e. The summed E-state index contributed by atoms with van der Waals surface area (Å²) >= 11 is 0. The molecule has 36 heavy (non-hydrogen) atoms. The van der Waals surface area contributed by atoms with Crippen LogP contribution in [0.3, 0.4) is 0 Å². The lowest BCUT2D eigenvalue weighted by Gasteiger charge is -2.35. The Labute approximate surface area is 208 Å². The van der Waals surface area contributed by atoms with Crippen molar-refractivity contribution in [3.8, 4) is 0 Å². The van der Waals surface area contributed by atoms with Gasteiger partial charge in [-0.3, -0.25) is 14.3 Å². The van der Waals surface area contributed by atoms with Crippen LogP contribution in [0.2, 0.25) is 0 Å². The third-order valence-corrected chi connectivity index (χ3v) is 9.38. The molecule has 0 radical (unpaired) electrons. The summed E-state index contributed by atoms with van der Waals surface area (Å²) < 4.78 is 66.4. The molecular formula is C24H24FN3O6S2. The van der Waals surface area contributed by atoms with Crippen LogP contribution in [0.4, 0.5) is 21.5 Å². The number of amides is 1. The molecular weight excluding hydrogens is 509 g/mol. The standard InChI is InChI=1S/C24H24FN3O6S2/c1-2-36(33,34)27-16-6-7-18-21(12-16)35(31,32)13-19(26-18)22-23(29)17-11-15(25)5-8-20(17)28(24(22)30)10-9-14-3-4-14/h5-8,11-14,22,26-27H,2-4,9-10H2,1H3. The van der Waals surface area contributed by atoms with E-state index in [0.717, 1.165) is 30.7 Å². The molecule has 190 valence electrons. The maximum atomic E-state index is 14.1.